The maximum atomic E-state index is 13.4. The van der Waals surface area contributed by atoms with Gasteiger partial charge in [0.15, 0.2) is 10.6 Å². The monoisotopic (exact) mass is 452 g/mol. The summed E-state index contributed by atoms with van der Waals surface area (Å²) >= 11 is 4.79. The number of nitrogens with zero attached hydrogens (tertiary/aromatic N) is 2. The van der Waals surface area contributed by atoms with Gasteiger partial charge in [-0.2, -0.15) is 0 Å². The zero-order chi connectivity index (χ0) is 19.4. The molecule has 0 bridgehead atoms. The number of amides is 1. The number of thiazole rings is 1. The Morgan fingerprint density at radius 1 is 1.14 bits per heavy atom. The summed E-state index contributed by atoms with van der Waals surface area (Å²) in [6.07, 6.45) is 1.64. The lowest BCUT2D eigenvalue weighted by Crippen LogP contribution is -2.29. The first-order chi connectivity index (χ1) is 13.5. The second-order valence-electron chi connectivity index (χ2n) is 6.62. The highest BCUT2D eigenvalue weighted by Gasteiger charge is 2.44. The van der Waals surface area contributed by atoms with E-state index in [1.807, 2.05) is 37.3 Å². The van der Waals surface area contributed by atoms with E-state index >= 15 is 0 Å². The Morgan fingerprint density at radius 2 is 1.93 bits per heavy atom. The summed E-state index contributed by atoms with van der Waals surface area (Å²) in [7, 11) is 0. The van der Waals surface area contributed by atoms with Gasteiger partial charge in [0.05, 0.1) is 17.0 Å². The predicted molar refractivity (Wildman–Crippen MR) is 112 cm³/mol. The molecule has 1 aliphatic heterocycles. The molecule has 2 aromatic heterocycles. The minimum absolute atomic E-state index is 0.0875. The van der Waals surface area contributed by atoms with Gasteiger partial charge in [0.2, 0.25) is 5.76 Å². The molecule has 5 rings (SSSR count). The van der Waals surface area contributed by atoms with Gasteiger partial charge in [0.1, 0.15) is 5.58 Å². The van der Waals surface area contributed by atoms with Gasteiger partial charge in [0, 0.05) is 16.0 Å². The van der Waals surface area contributed by atoms with Gasteiger partial charge < -0.3 is 4.42 Å². The Kier molecular flexibility index (Phi) is 3.96. The molecule has 28 heavy (non-hydrogen) atoms. The van der Waals surface area contributed by atoms with E-state index in [1.54, 1.807) is 28.6 Å². The van der Waals surface area contributed by atoms with Crippen molar-refractivity contribution in [1.29, 1.82) is 0 Å². The third-order valence-electron chi connectivity index (χ3n) is 4.84. The third kappa shape index (κ3) is 2.54. The number of fused-ring (bicyclic) bond motifs is 2. The zero-order valence-corrected chi connectivity index (χ0v) is 17.1. The Balaban J connectivity index is 1.83. The first kappa shape index (κ1) is 17.3. The Hall–Kier alpha value is -2.77. The van der Waals surface area contributed by atoms with E-state index < -0.39 is 6.04 Å². The maximum absolute atomic E-state index is 13.4. The molecule has 1 aliphatic rings. The zero-order valence-electron chi connectivity index (χ0n) is 14.7. The second kappa shape index (κ2) is 6.39. The van der Waals surface area contributed by atoms with Crippen molar-refractivity contribution in [1.82, 2.24) is 4.98 Å². The standard InChI is InChI=1S/C21H13BrN2O3S/c1-11-2-7-15-14(10-11)18(25)16-17(12-3-5-13(22)6-4-12)24(20(26)19(16)27-15)21-23-8-9-28-21/h2-10,17H,1H3/t17-/m0/s1. The summed E-state index contributed by atoms with van der Waals surface area (Å²) in [4.78, 5) is 32.5. The van der Waals surface area contributed by atoms with Crippen molar-refractivity contribution in [2.45, 2.75) is 13.0 Å². The van der Waals surface area contributed by atoms with Crippen LogP contribution in [0.3, 0.4) is 0 Å². The fourth-order valence-corrected chi connectivity index (χ4v) is 4.51. The van der Waals surface area contributed by atoms with E-state index in [0.29, 0.717) is 21.7 Å². The highest BCUT2D eigenvalue weighted by molar-refractivity contribution is 9.10. The number of benzene rings is 2. The molecule has 1 atom stereocenters. The van der Waals surface area contributed by atoms with E-state index in [0.717, 1.165) is 15.6 Å². The minimum Gasteiger partial charge on any atom is -0.450 e. The molecule has 7 heteroatoms. The van der Waals surface area contributed by atoms with Crippen LogP contribution >= 0.6 is 27.3 Å². The highest BCUT2D eigenvalue weighted by Crippen LogP contribution is 2.42. The van der Waals surface area contributed by atoms with Crippen molar-refractivity contribution in [3.05, 3.63) is 91.2 Å². The van der Waals surface area contributed by atoms with Crippen molar-refractivity contribution in [3.63, 3.8) is 0 Å². The van der Waals surface area contributed by atoms with Crippen LogP contribution in [0.25, 0.3) is 11.0 Å². The van der Waals surface area contributed by atoms with Crippen LogP contribution in [0.15, 0.2) is 67.7 Å². The smallest absolute Gasteiger partial charge is 0.297 e. The first-order valence-electron chi connectivity index (χ1n) is 8.60. The Bertz CT molecular complexity index is 1280. The number of rotatable bonds is 2. The molecule has 0 aliphatic carbocycles. The van der Waals surface area contributed by atoms with Gasteiger partial charge in [-0.15, -0.1) is 11.3 Å². The molecule has 0 spiro atoms. The van der Waals surface area contributed by atoms with Crippen LogP contribution in [0.4, 0.5) is 5.13 Å². The SMILES string of the molecule is Cc1ccc2oc3c(c(=O)c2c1)[C@H](c1ccc(Br)cc1)N(c1nccs1)C3=O. The molecular weight excluding hydrogens is 440 g/mol. The molecule has 0 radical (unpaired) electrons. The Morgan fingerprint density at radius 3 is 2.64 bits per heavy atom. The third-order valence-corrected chi connectivity index (χ3v) is 6.14. The molecule has 3 heterocycles. The number of hydrogen-bond donors (Lipinski definition) is 0. The number of hydrogen-bond acceptors (Lipinski definition) is 5. The van der Waals surface area contributed by atoms with E-state index in [1.165, 1.54) is 11.3 Å². The van der Waals surface area contributed by atoms with Crippen molar-refractivity contribution in [2.75, 3.05) is 4.90 Å². The van der Waals surface area contributed by atoms with Gasteiger partial charge in [-0.25, -0.2) is 4.98 Å². The van der Waals surface area contributed by atoms with E-state index in [-0.39, 0.29) is 17.1 Å². The molecule has 0 unspecified atom stereocenters. The summed E-state index contributed by atoms with van der Waals surface area (Å²) in [6, 6.07) is 12.4. The van der Waals surface area contributed by atoms with Gasteiger partial charge in [0.25, 0.3) is 5.91 Å². The van der Waals surface area contributed by atoms with Crippen LogP contribution in [0.1, 0.15) is 33.3 Å². The fourth-order valence-electron chi connectivity index (χ4n) is 3.58. The van der Waals surface area contributed by atoms with Crippen LogP contribution < -0.4 is 10.3 Å². The minimum atomic E-state index is -0.581. The van der Waals surface area contributed by atoms with Crippen LogP contribution in [-0.4, -0.2) is 10.9 Å². The van der Waals surface area contributed by atoms with Crippen molar-refractivity contribution in [2.24, 2.45) is 0 Å². The summed E-state index contributed by atoms with van der Waals surface area (Å²) in [5, 5.41) is 2.82. The number of aryl methyl sites for hydroxylation is 1. The lowest BCUT2D eigenvalue weighted by molar-refractivity contribution is 0.0971. The van der Waals surface area contributed by atoms with E-state index in [2.05, 4.69) is 20.9 Å². The summed E-state index contributed by atoms with van der Waals surface area (Å²) < 4.78 is 6.85. The average Bonchev–Trinajstić information content (AvgIpc) is 3.30. The largest absolute Gasteiger partial charge is 0.450 e. The van der Waals surface area contributed by atoms with Crippen LogP contribution in [0.5, 0.6) is 0 Å². The molecule has 5 nitrogen and oxygen atoms in total. The van der Waals surface area contributed by atoms with Crippen LogP contribution in [-0.2, 0) is 0 Å². The molecule has 4 aromatic rings. The number of carbonyl (C=O) groups is 1. The van der Waals surface area contributed by atoms with Gasteiger partial charge in [-0.1, -0.05) is 39.7 Å². The number of carbonyl (C=O) groups excluding carboxylic acids is 1. The molecule has 0 saturated heterocycles. The number of aromatic nitrogens is 1. The molecule has 0 saturated carbocycles. The quantitative estimate of drug-likeness (QED) is 0.425. The Labute approximate surface area is 172 Å². The van der Waals surface area contributed by atoms with Gasteiger partial charge in [-0.3, -0.25) is 14.5 Å². The van der Waals surface area contributed by atoms with Gasteiger partial charge in [-0.05, 0) is 36.8 Å². The van der Waals surface area contributed by atoms with Crippen LogP contribution in [0, 0.1) is 6.92 Å². The number of anilines is 1. The van der Waals surface area contributed by atoms with Crippen molar-refractivity contribution < 1.29 is 9.21 Å². The molecule has 0 N–H and O–H groups in total. The molecule has 2 aromatic carbocycles. The molecule has 0 fully saturated rings. The second-order valence-corrected chi connectivity index (χ2v) is 8.41. The summed E-state index contributed by atoms with van der Waals surface area (Å²) in [6.45, 7) is 1.92. The summed E-state index contributed by atoms with van der Waals surface area (Å²) in [5.41, 5.74) is 2.38. The molecular formula is C21H13BrN2O3S. The average molecular weight is 453 g/mol. The lowest BCUT2D eigenvalue weighted by Gasteiger charge is -2.22. The van der Waals surface area contributed by atoms with Crippen molar-refractivity contribution >= 4 is 49.3 Å². The van der Waals surface area contributed by atoms with Crippen LogP contribution in [0.2, 0.25) is 0 Å². The topological polar surface area (TPSA) is 63.4 Å². The normalized spacial score (nSPS) is 16.0. The number of halogens is 1. The molecule has 138 valence electrons. The van der Waals surface area contributed by atoms with E-state index in [4.69, 9.17) is 4.42 Å². The lowest BCUT2D eigenvalue weighted by atomic mass is 9.98. The summed E-state index contributed by atoms with van der Waals surface area (Å²) in [5.74, 6) is -0.262. The van der Waals surface area contributed by atoms with Gasteiger partial charge >= 0.3 is 0 Å². The highest BCUT2D eigenvalue weighted by atomic mass is 79.9. The van der Waals surface area contributed by atoms with Crippen molar-refractivity contribution in [3.8, 4) is 0 Å². The maximum Gasteiger partial charge on any atom is 0.297 e. The van der Waals surface area contributed by atoms with E-state index in [9.17, 15) is 9.59 Å². The predicted octanol–water partition coefficient (Wildman–Crippen LogP) is 5.07. The first-order valence-corrected chi connectivity index (χ1v) is 10.3. The molecule has 1 amide bonds. The fraction of sp³-hybridized carbons (Fsp3) is 0.0952.